The molecule has 0 fully saturated rings. The number of hydrogen-bond donors (Lipinski definition) is 7. The topological polar surface area (TPSA) is 404 Å². The molecule has 27 nitrogen and oxygen atoms in total. The van der Waals surface area contributed by atoms with Crippen LogP contribution in [0.1, 0.15) is 141 Å². The summed E-state index contributed by atoms with van der Waals surface area (Å²) < 4.78 is 193. The maximum Gasteiger partial charge on any atom is 0.397 e. The van der Waals surface area contributed by atoms with Crippen molar-refractivity contribution in [2.45, 2.75) is 158 Å². The monoisotopic (exact) mass is 1120 g/mol. The molecule has 3 atom stereocenters. The van der Waals surface area contributed by atoms with Crippen LogP contribution in [0.3, 0.4) is 0 Å². The van der Waals surface area contributed by atoms with Gasteiger partial charge < -0.3 is 29.4 Å². The van der Waals surface area contributed by atoms with Gasteiger partial charge in [-0.15, -0.1) is 0 Å². The first kappa shape index (κ1) is 81.7. The van der Waals surface area contributed by atoms with E-state index in [1.165, 1.54) is 7.05 Å². The number of nitrogens with one attached hydrogen (secondary N) is 1. The summed E-state index contributed by atoms with van der Waals surface area (Å²) in [4.78, 5) is 13.0. The summed E-state index contributed by atoms with van der Waals surface area (Å²) in [6.07, 6.45) is -0.823. The van der Waals surface area contributed by atoms with Gasteiger partial charge in [0.1, 0.15) is 6.10 Å². The molecule has 7 N–H and O–H groups in total. The predicted molar refractivity (Wildman–Crippen MR) is 258 cm³/mol. The molecule has 0 rings (SSSR count). The molecule has 0 aromatic heterocycles. The minimum Gasteiger partial charge on any atom is -0.396 e. The van der Waals surface area contributed by atoms with E-state index in [0.717, 1.165) is 0 Å². The van der Waals surface area contributed by atoms with Gasteiger partial charge in [0.05, 0.1) is 39.1 Å². The smallest absolute Gasteiger partial charge is 0.396 e. The van der Waals surface area contributed by atoms with E-state index in [0.29, 0.717) is 19.3 Å². The lowest BCUT2D eigenvalue weighted by atomic mass is 10.0. The van der Waals surface area contributed by atoms with Crippen LogP contribution < -0.4 is 5.32 Å². The quantitative estimate of drug-likeness (QED) is 0.0327. The van der Waals surface area contributed by atoms with E-state index in [1.807, 2.05) is 69.2 Å². The number of aliphatic hydroxyl groups excluding tert-OH is 1. The largest absolute Gasteiger partial charge is 0.397 e. The molecule has 69 heavy (non-hydrogen) atoms. The molecule has 0 aromatic rings. The Hall–Kier alpha value is -1.38. The number of likely N-dealkylation sites (N-methyl/N-ethyl adjacent to an activating group) is 1. The Morgan fingerprint density at radius 3 is 1.00 bits per heavy atom. The van der Waals surface area contributed by atoms with Gasteiger partial charge in [0.15, 0.2) is 6.10 Å². The summed E-state index contributed by atoms with van der Waals surface area (Å²) in [5.74, 6) is -0.635. The number of unbranched alkanes of at least 4 members (excludes halogenated alkanes) is 5. The van der Waals surface area contributed by atoms with Crippen LogP contribution in [0.15, 0.2) is 0 Å². The first-order valence-electron chi connectivity index (χ1n) is 22.6. The Kier molecular flexibility index (Phi) is 64.4. The number of carbonyl (C=O) groups excluding carboxylic acids is 1. The van der Waals surface area contributed by atoms with Gasteiger partial charge in [-0.25, -0.2) is 20.9 Å². The van der Waals surface area contributed by atoms with Crippen molar-refractivity contribution in [3.63, 3.8) is 0 Å². The number of carbonyl (C=O) groups is 1. The van der Waals surface area contributed by atoms with Crippen LogP contribution in [0, 0.1) is 0 Å². The third-order valence-corrected chi connectivity index (χ3v) is 8.99. The Morgan fingerprint density at radius 2 is 0.696 bits per heavy atom. The fourth-order valence-corrected chi connectivity index (χ4v) is 5.76. The first-order valence-corrected chi connectivity index (χ1v) is 29.5. The Bertz CT molecular complexity index is 1660. The van der Waals surface area contributed by atoms with Crippen molar-refractivity contribution in [3.8, 4) is 0 Å². The normalized spacial score (nSPS) is 12.7. The zero-order chi connectivity index (χ0) is 55.4. The van der Waals surface area contributed by atoms with Crippen molar-refractivity contribution in [1.29, 1.82) is 0 Å². The lowest BCUT2D eigenvalue weighted by Gasteiger charge is -2.33. The molecule has 0 unspecified atom stereocenters. The summed E-state index contributed by atoms with van der Waals surface area (Å²) in [5.41, 5.74) is 0. The van der Waals surface area contributed by atoms with Gasteiger partial charge in [-0.3, -0.25) is 27.6 Å². The van der Waals surface area contributed by atoms with E-state index in [1.54, 1.807) is 0 Å². The van der Waals surface area contributed by atoms with Gasteiger partial charge in [0.2, 0.25) is 0 Å². The number of hydrogen-bond acceptors (Lipinski definition) is 21. The Morgan fingerprint density at radius 1 is 0.420 bits per heavy atom. The summed E-state index contributed by atoms with van der Waals surface area (Å²) in [5, 5.41) is 10.7. The molecule has 0 heterocycles. The predicted octanol–water partition coefficient (Wildman–Crippen LogP) is 4.65. The molecule has 0 aliphatic heterocycles. The highest BCUT2D eigenvalue weighted by Crippen LogP contribution is 2.19. The Labute approximate surface area is 415 Å². The molecule has 1 amide bonds. The van der Waals surface area contributed by atoms with Crippen molar-refractivity contribution in [2.24, 2.45) is 0 Å². The average molecular weight is 1120 g/mol. The van der Waals surface area contributed by atoms with Gasteiger partial charge in [-0.2, -0.15) is 42.1 Å². The maximum atomic E-state index is 13.0. The summed E-state index contributed by atoms with van der Waals surface area (Å²) in [6, 6.07) is 0. The molecular formula is C37H89NO26S5. The maximum absolute atomic E-state index is 13.0. The van der Waals surface area contributed by atoms with Gasteiger partial charge in [-0.1, -0.05) is 69.2 Å². The highest BCUT2D eigenvalue weighted by Gasteiger charge is 2.36. The van der Waals surface area contributed by atoms with Crippen LogP contribution in [-0.4, -0.2) is 174 Å². The molecule has 0 bridgehead atoms. The van der Waals surface area contributed by atoms with E-state index >= 15 is 0 Å². The highest BCUT2D eigenvalue weighted by molar-refractivity contribution is 7.81. The Balaban J connectivity index is -0.000000259. The molecule has 0 radical (unpaired) electrons. The second-order valence-corrected chi connectivity index (χ2v) is 17.0. The number of rotatable bonds is 38. The lowest BCUT2D eigenvalue weighted by molar-refractivity contribution is -0.165. The minimum absolute atomic E-state index is 0. The van der Waals surface area contributed by atoms with Crippen LogP contribution in [0.4, 0.5) is 0 Å². The van der Waals surface area contributed by atoms with E-state index in [9.17, 15) is 46.9 Å². The van der Waals surface area contributed by atoms with Crippen molar-refractivity contribution < 1.29 is 116 Å². The van der Waals surface area contributed by atoms with Crippen LogP contribution in [0.25, 0.3) is 0 Å². The SMILES string of the molecule is CC.CC.CC.CC.CC.CNC(=O)[C@H](OCCCCOS(=O)(=O)O)[C@@H](OCCCCOS(=O)(=O)O)[C@@H](CCOCCCCOS(=O)(=O)O)OCCCCOS(=O)(=O)O.O=S(=O)(O)OCCCCO.[HH]. The lowest BCUT2D eigenvalue weighted by Crippen LogP contribution is -2.51. The second kappa shape index (κ2) is 54.4. The molecular weight excluding hydrogens is 1030 g/mol. The molecule has 428 valence electrons. The number of ether oxygens (including phenoxy) is 4. The van der Waals surface area contributed by atoms with Crippen LogP contribution >= 0.6 is 0 Å². The van der Waals surface area contributed by atoms with Crippen molar-refractivity contribution in [1.82, 2.24) is 5.32 Å². The third kappa shape index (κ3) is 73.3. The number of amides is 1. The van der Waals surface area contributed by atoms with Crippen LogP contribution in [0.2, 0.25) is 0 Å². The fraction of sp³-hybridized carbons (Fsp3) is 0.973. The standard InChI is InChI=1S/C23H47NO21S4.C4H10O5S.5C2H6.H2/c1-24-23(25)22(41-14-5-9-18-45-49(35,36)37)21(40-13-4-8-17-44-48(32,33)34)20(39-12-3-7-16-43-47(29,30)31)10-19-38-11-2-6-15-42-46(26,27)28;5-3-1-2-4-9-10(6,7)8;5*1-2;/h20-22H,2-19H2,1H3,(H,24,25)(H,26,27,28)(H,29,30,31)(H,32,33,34)(H,35,36,37);5H,1-4H2,(H,6,7,8);5*1-2H3;1H/t20-,21+,22-;;;;;;;/m1......./s1. The fourth-order valence-electron chi connectivity index (χ4n) is 4.11. The molecule has 0 saturated carbocycles. The average Bonchev–Trinajstić information content (AvgIpc) is 3.28. The van der Waals surface area contributed by atoms with Crippen molar-refractivity contribution >= 4 is 57.9 Å². The van der Waals surface area contributed by atoms with E-state index < -0.39 is 76.2 Å². The van der Waals surface area contributed by atoms with E-state index in [2.05, 4.69) is 26.2 Å². The summed E-state index contributed by atoms with van der Waals surface area (Å²) in [7, 11) is -21.5. The highest BCUT2D eigenvalue weighted by atomic mass is 32.3. The van der Waals surface area contributed by atoms with E-state index in [4.69, 9.17) is 46.8 Å². The van der Waals surface area contributed by atoms with Gasteiger partial charge in [0.25, 0.3) is 5.91 Å². The zero-order valence-electron chi connectivity index (χ0n) is 42.2. The van der Waals surface area contributed by atoms with E-state index in [-0.39, 0.29) is 125 Å². The van der Waals surface area contributed by atoms with Gasteiger partial charge in [0, 0.05) is 48.1 Å². The summed E-state index contributed by atoms with van der Waals surface area (Å²) in [6.45, 7) is 18.6. The molecule has 0 aliphatic rings. The van der Waals surface area contributed by atoms with Crippen LogP contribution in [0.5, 0.6) is 0 Å². The summed E-state index contributed by atoms with van der Waals surface area (Å²) >= 11 is 0. The van der Waals surface area contributed by atoms with Gasteiger partial charge in [-0.05, 0) is 70.6 Å². The molecule has 0 saturated heterocycles. The molecule has 0 aliphatic carbocycles. The molecule has 0 aromatic carbocycles. The molecule has 0 spiro atoms. The molecule has 32 heteroatoms. The zero-order valence-corrected chi connectivity index (χ0v) is 46.3. The first-order chi connectivity index (χ1) is 32.3. The second-order valence-electron chi connectivity index (χ2n) is 11.6. The van der Waals surface area contributed by atoms with Gasteiger partial charge >= 0.3 is 52.0 Å². The van der Waals surface area contributed by atoms with Crippen LogP contribution in [-0.2, 0) is 96.7 Å². The third-order valence-electron chi connectivity index (χ3n) is 6.67. The minimum atomic E-state index is -4.65. The van der Waals surface area contributed by atoms with Crippen molar-refractivity contribution in [2.75, 3.05) is 79.7 Å². The van der Waals surface area contributed by atoms with Crippen molar-refractivity contribution in [3.05, 3.63) is 0 Å². The number of aliphatic hydroxyl groups is 1.